The van der Waals surface area contributed by atoms with Gasteiger partial charge < -0.3 is 15.8 Å². The molecular weight excluding hydrogens is 376 g/mol. The maximum absolute atomic E-state index is 6.76. The van der Waals surface area contributed by atoms with Gasteiger partial charge in [-0.2, -0.15) is 0 Å². The third kappa shape index (κ3) is 3.29. The molecule has 1 aliphatic heterocycles. The SMILES string of the molecule is COc1ccc(-c2ccccc2)cc1C1(N)NC(c2sc(N)nc2C)=CS1. The molecule has 0 saturated carbocycles. The highest BCUT2D eigenvalue weighted by molar-refractivity contribution is 8.03. The number of nitrogen functional groups attached to an aromatic ring is 1. The first-order valence-electron chi connectivity index (χ1n) is 8.42. The summed E-state index contributed by atoms with van der Waals surface area (Å²) < 4.78 is 5.60. The number of benzene rings is 2. The molecule has 0 fully saturated rings. The van der Waals surface area contributed by atoms with Crippen LogP contribution in [0.4, 0.5) is 5.13 Å². The Morgan fingerprint density at radius 3 is 2.56 bits per heavy atom. The average molecular weight is 397 g/mol. The fourth-order valence-corrected chi connectivity index (χ4v) is 4.94. The van der Waals surface area contributed by atoms with E-state index >= 15 is 0 Å². The zero-order valence-corrected chi connectivity index (χ0v) is 16.7. The summed E-state index contributed by atoms with van der Waals surface area (Å²) in [5.74, 6) is 0.743. The molecule has 3 aromatic rings. The van der Waals surface area contributed by atoms with Crippen molar-refractivity contribution in [3.8, 4) is 16.9 Å². The molecule has 5 N–H and O–H groups in total. The van der Waals surface area contributed by atoms with Gasteiger partial charge in [0.25, 0.3) is 0 Å². The van der Waals surface area contributed by atoms with Crippen molar-refractivity contribution in [2.45, 2.75) is 11.9 Å². The fraction of sp³-hybridized carbons (Fsp3) is 0.150. The van der Waals surface area contributed by atoms with Gasteiger partial charge in [0, 0.05) is 5.56 Å². The Hall–Kier alpha value is -2.48. The van der Waals surface area contributed by atoms with E-state index < -0.39 is 4.99 Å². The molecule has 0 amide bonds. The number of anilines is 1. The second-order valence-corrected chi connectivity index (χ2v) is 8.40. The average Bonchev–Trinajstić information content (AvgIpc) is 3.24. The summed E-state index contributed by atoms with van der Waals surface area (Å²) in [5, 5.41) is 6.02. The minimum Gasteiger partial charge on any atom is -0.496 e. The minimum atomic E-state index is -0.837. The minimum absolute atomic E-state index is 0.549. The topological polar surface area (TPSA) is 86.2 Å². The van der Waals surface area contributed by atoms with E-state index in [4.69, 9.17) is 16.2 Å². The van der Waals surface area contributed by atoms with Gasteiger partial charge in [-0.15, -0.1) is 0 Å². The smallest absolute Gasteiger partial charge is 0.180 e. The number of methoxy groups -OCH3 is 1. The van der Waals surface area contributed by atoms with Crippen LogP contribution in [0.1, 0.15) is 16.1 Å². The lowest BCUT2D eigenvalue weighted by Crippen LogP contribution is -2.43. The first-order valence-corrected chi connectivity index (χ1v) is 10.1. The van der Waals surface area contributed by atoms with E-state index in [1.54, 1.807) is 7.11 Å². The molecule has 0 spiro atoms. The van der Waals surface area contributed by atoms with E-state index in [0.717, 1.165) is 38.7 Å². The standard InChI is InChI=1S/C20H20N4OS2/c1-12-18(27-19(21)23-12)16-11-26-20(22,24-16)15-10-14(8-9-17(15)25-2)13-6-4-3-5-7-13/h3-11,24H,22H2,1-2H3,(H2,21,23). The van der Waals surface area contributed by atoms with E-state index in [1.165, 1.54) is 23.1 Å². The summed E-state index contributed by atoms with van der Waals surface area (Å²) in [6.45, 7) is 1.95. The van der Waals surface area contributed by atoms with Crippen molar-refractivity contribution in [2.75, 3.05) is 12.8 Å². The van der Waals surface area contributed by atoms with Crippen molar-refractivity contribution in [3.05, 3.63) is 70.1 Å². The van der Waals surface area contributed by atoms with Gasteiger partial charge in [0.15, 0.2) is 10.1 Å². The van der Waals surface area contributed by atoms with Crippen molar-refractivity contribution >= 4 is 33.9 Å². The van der Waals surface area contributed by atoms with E-state index in [0.29, 0.717) is 5.13 Å². The number of hydrogen-bond acceptors (Lipinski definition) is 7. The van der Waals surface area contributed by atoms with E-state index in [1.807, 2.05) is 42.7 Å². The molecule has 138 valence electrons. The fourth-order valence-electron chi connectivity index (χ4n) is 3.13. The van der Waals surface area contributed by atoms with Crippen molar-refractivity contribution in [3.63, 3.8) is 0 Å². The molecular formula is C20H20N4OS2. The molecule has 1 atom stereocenters. The number of nitrogens with one attached hydrogen (secondary N) is 1. The van der Waals surface area contributed by atoms with Crippen LogP contribution in [0.5, 0.6) is 5.75 Å². The number of nitrogens with zero attached hydrogens (tertiary/aromatic N) is 1. The molecule has 27 heavy (non-hydrogen) atoms. The second kappa shape index (κ2) is 6.92. The van der Waals surface area contributed by atoms with Gasteiger partial charge in [-0.1, -0.05) is 59.5 Å². The van der Waals surface area contributed by atoms with Gasteiger partial charge in [0.1, 0.15) is 5.75 Å². The Balaban J connectivity index is 1.71. The third-order valence-electron chi connectivity index (χ3n) is 4.45. The van der Waals surface area contributed by atoms with Gasteiger partial charge in [0.05, 0.1) is 23.4 Å². The Kier molecular flexibility index (Phi) is 4.59. The number of rotatable bonds is 4. The molecule has 1 aromatic heterocycles. The lowest BCUT2D eigenvalue weighted by molar-refractivity contribution is 0.400. The molecule has 0 aliphatic carbocycles. The number of aromatic nitrogens is 1. The first-order chi connectivity index (χ1) is 13.0. The molecule has 0 saturated heterocycles. The molecule has 1 unspecified atom stereocenters. The van der Waals surface area contributed by atoms with Crippen LogP contribution in [-0.2, 0) is 4.99 Å². The van der Waals surface area contributed by atoms with Crippen LogP contribution in [-0.4, -0.2) is 12.1 Å². The van der Waals surface area contributed by atoms with Gasteiger partial charge in [-0.3, -0.25) is 5.73 Å². The molecule has 1 aliphatic rings. The third-order valence-corrected chi connectivity index (χ3v) is 6.51. The van der Waals surface area contributed by atoms with Crippen LogP contribution in [0, 0.1) is 6.92 Å². The normalized spacial score (nSPS) is 18.9. The summed E-state index contributed by atoms with van der Waals surface area (Å²) in [7, 11) is 1.66. The summed E-state index contributed by atoms with van der Waals surface area (Å²) in [5.41, 5.74) is 17.5. The largest absolute Gasteiger partial charge is 0.496 e. The molecule has 0 radical (unpaired) electrons. The van der Waals surface area contributed by atoms with Gasteiger partial charge in [0.2, 0.25) is 0 Å². The van der Waals surface area contributed by atoms with Gasteiger partial charge in [-0.25, -0.2) is 4.98 Å². The maximum atomic E-state index is 6.76. The summed E-state index contributed by atoms with van der Waals surface area (Å²) in [6.07, 6.45) is 0. The monoisotopic (exact) mass is 396 g/mol. The highest BCUT2D eigenvalue weighted by Crippen LogP contribution is 2.45. The summed E-state index contributed by atoms with van der Waals surface area (Å²) in [4.78, 5) is 4.47. The summed E-state index contributed by atoms with van der Waals surface area (Å²) >= 11 is 2.97. The molecule has 7 heteroatoms. The molecule has 0 bridgehead atoms. The number of aryl methyl sites for hydroxylation is 1. The Bertz CT molecular complexity index is 1020. The lowest BCUT2D eigenvalue weighted by Gasteiger charge is -2.28. The molecule has 2 aromatic carbocycles. The Morgan fingerprint density at radius 1 is 1.11 bits per heavy atom. The molecule has 4 rings (SSSR count). The van der Waals surface area contributed by atoms with Crippen molar-refractivity contribution in [1.82, 2.24) is 10.3 Å². The predicted octanol–water partition coefficient (Wildman–Crippen LogP) is 4.11. The first kappa shape index (κ1) is 17.9. The molecule has 5 nitrogen and oxygen atoms in total. The quantitative estimate of drug-likeness (QED) is 0.615. The van der Waals surface area contributed by atoms with Crippen molar-refractivity contribution < 1.29 is 4.74 Å². The number of thioether (sulfide) groups is 1. The predicted molar refractivity (Wildman–Crippen MR) is 114 cm³/mol. The maximum Gasteiger partial charge on any atom is 0.180 e. The number of thiazole rings is 1. The van der Waals surface area contributed by atoms with Crippen LogP contribution in [0.25, 0.3) is 16.8 Å². The number of ether oxygens (including phenoxy) is 1. The van der Waals surface area contributed by atoms with E-state index in [-0.39, 0.29) is 0 Å². The Morgan fingerprint density at radius 2 is 1.89 bits per heavy atom. The van der Waals surface area contributed by atoms with Crippen LogP contribution < -0.4 is 21.5 Å². The summed E-state index contributed by atoms with van der Waals surface area (Å²) in [6, 6.07) is 16.3. The molecule has 2 heterocycles. The van der Waals surface area contributed by atoms with E-state index in [9.17, 15) is 0 Å². The number of nitrogens with two attached hydrogens (primary N) is 2. The van der Waals surface area contributed by atoms with Crippen molar-refractivity contribution in [1.29, 1.82) is 0 Å². The number of hydrogen-bond donors (Lipinski definition) is 3. The van der Waals surface area contributed by atoms with Crippen LogP contribution >= 0.6 is 23.1 Å². The highest BCUT2D eigenvalue weighted by Gasteiger charge is 2.37. The second-order valence-electron chi connectivity index (χ2n) is 6.26. The highest BCUT2D eigenvalue weighted by atomic mass is 32.2. The Labute approximate surface area is 166 Å². The van der Waals surface area contributed by atoms with Gasteiger partial charge >= 0.3 is 0 Å². The van der Waals surface area contributed by atoms with Crippen LogP contribution in [0.15, 0.2) is 53.9 Å². The zero-order chi connectivity index (χ0) is 19.0. The zero-order valence-electron chi connectivity index (χ0n) is 15.0. The lowest BCUT2D eigenvalue weighted by atomic mass is 10.0. The van der Waals surface area contributed by atoms with Crippen LogP contribution in [0.2, 0.25) is 0 Å². The van der Waals surface area contributed by atoms with Crippen molar-refractivity contribution in [2.24, 2.45) is 5.73 Å². The van der Waals surface area contributed by atoms with Crippen LogP contribution in [0.3, 0.4) is 0 Å². The van der Waals surface area contributed by atoms with E-state index in [2.05, 4.69) is 28.5 Å². The van der Waals surface area contributed by atoms with Gasteiger partial charge in [-0.05, 0) is 35.6 Å².